The summed E-state index contributed by atoms with van der Waals surface area (Å²) >= 11 is 0. The third-order valence-electron chi connectivity index (χ3n) is 5.63. The molecule has 0 radical (unpaired) electrons. The van der Waals surface area contributed by atoms with Gasteiger partial charge in [0.1, 0.15) is 0 Å². The van der Waals surface area contributed by atoms with E-state index < -0.39 is 4.92 Å². The van der Waals surface area contributed by atoms with E-state index in [2.05, 4.69) is 16.5 Å². The van der Waals surface area contributed by atoms with Crippen molar-refractivity contribution in [3.05, 3.63) is 46.5 Å². The van der Waals surface area contributed by atoms with Gasteiger partial charge in [-0.3, -0.25) is 20.5 Å². The van der Waals surface area contributed by atoms with E-state index in [-0.39, 0.29) is 16.6 Å². The number of non-ortho nitro benzene ring substituents is 1. The minimum Gasteiger partial charge on any atom is -0.340 e. The molecule has 1 fully saturated rings. The first-order valence-corrected chi connectivity index (χ1v) is 9.04. The van der Waals surface area contributed by atoms with Crippen molar-refractivity contribution in [1.29, 1.82) is 0 Å². The number of benzene rings is 2. The van der Waals surface area contributed by atoms with Crippen molar-refractivity contribution in [3.8, 4) is 0 Å². The van der Waals surface area contributed by atoms with E-state index in [1.807, 2.05) is 6.07 Å². The Balaban J connectivity index is 1.83. The van der Waals surface area contributed by atoms with Gasteiger partial charge in [-0.05, 0) is 57.1 Å². The van der Waals surface area contributed by atoms with Crippen LogP contribution < -0.4 is 5.23 Å². The topological polar surface area (TPSA) is 95.0 Å². The van der Waals surface area contributed by atoms with Gasteiger partial charge in [-0.15, -0.1) is 5.23 Å². The highest BCUT2D eigenvalue weighted by molar-refractivity contribution is 6.09. The molecule has 1 atom stereocenters. The van der Waals surface area contributed by atoms with Gasteiger partial charge in [0, 0.05) is 46.5 Å². The van der Waals surface area contributed by atoms with Crippen molar-refractivity contribution in [2.45, 2.75) is 31.8 Å². The monoisotopic (exact) mass is 370 g/mol. The molecular formula is C19H22N4O4. The van der Waals surface area contributed by atoms with Gasteiger partial charge in [0.2, 0.25) is 0 Å². The van der Waals surface area contributed by atoms with Crippen LogP contribution in [0.5, 0.6) is 0 Å². The van der Waals surface area contributed by atoms with E-state index in [4.69, 9.17) is 0 Å². The Bertz CT molecular complexity index is 1010. The summed E-state index contributed by atoms with van der Waals surface area (Å²) in [5.74, 6) is 0. The number of nitro groups is 1. The van der Waals surface area contributed by atoms with Gasteiger partial charge in [-0.2, -0.15) is 0 Å². The molecule has 27 heavy (non-hydrogen) atoms. The molecule has 0 aliphatic carbocycles. The second-order valence-electron chi connectivity index (χ2n) is 7.17. The smallest absolute Gasteiger partial charge is 0.270 e. The lowest BCUT2D eigenvalue weighted by atomic mass is 10.1. The molecule has 1 aromatic heterocycles. The molecule has 2 aromatic carbocycles. The lowest BCUT2D eigenvalue weighted by Gasteiger charge is -2.20. The molecule has 2 heterocycles. The van der Waals surface area contributed by atoms with Gasteiger partial charge in [0.05, 0.1) is 10.6 Å². The van der Waals surface area contributed by atoms with E-state index in [1.54, 1.807) is 24.3 Å². The Morgan fingerprint density at radius 2 is 1.89 bits per heavy atom. The number of hydrogen-bond donors (Lipinski definition) is 2. The second-order valence-corrected chi connectivity index (χ2v) is 7.17. The Morgan fingerprint density at radius 3 is 2.52 bits per heavy atom. The fraction of sp³-hybridized carbons (Fsp3) is 0.368. The van der Waals surface area contributed by atoms with Crippen molar-refractivity contribution in [1.82, 2.24) is 9.47 Å². The van der Waals surface area contributed by atoms with E-state index in [1.165, 1.54) is 18.9 Å². The van der Waals surface area contributed by atoms with Crippen LogP contribution in [0.4, 0.5) is 11.4 Å². The van der Waals surface area contributed by atoms with Crippen LogP contribution in [0.2, 0.25) is 0 Å². The summed E-state index contributed by atoms with van der Waals surface area (Å²) in [5.41, 5.74) is 2.07. The molecule has 0 amide bonds. The predicted octanol–water partition coefficient (Wildman–Crippen LogP) is 3.77. The Kier molecular flexibility index (Phi) is 4.47. The minimum absolute atomic E-state index is 0.0207. The van der Waals surface area contributed by atoms with Crippen LogP contribution in [0.3, 0.4) is 0 Å². The molecular weight excluding hydrogens is 348 g/mol. The minimum atomic E-state index is -0.412. The molecule has 1 unspecified atom stereocenters. The van der Waals surface area contributed by atoms with E-state index in [0.717, 1.165) is 41.3 Å². The highest BCUT2D eigenvalue weighted by Gasteiger charge is 2.22. The fourth-order valence-corrected chi connectivity index (χ4v) is 4.18. The van der Waals surface area contributed by atoms with E-state index >= 15 is 0 Å². The number of likely N-dealkylation sites (tertiary alicyclic amines) is 1. The Labute approximate surface area is 155 Å². The van der Waals surface area contributed by atoms with Crippen molar-refractivity contribution < 1.29 is 15.3 Å². The van der Waals surface area contributed by atoms with Gasteiger partial charge in [0.15, 0.2) is 0 Å². The van der Waals surface area contributed by atoms with Crippen LogP contribution in [0.15, 0.2) is 36.4 Å². The van der Waals surface area contributed by atoms with Crippen LogP contribution in [0.1, 0.15) is 19.3 Å². The molecule has 1 saturated heterocycles. The molecule has 8 nitrogen and oxygen atoms in total. The van der Waals surface area contributed by atoms with Gasteiger partial charge in [-0.1, -0.05) is 0 Å². The summed E-state index contributed by atoms with van der Waals surface area (Å²) in [6.07, 6.45) is 3.40. The number of hydrogen-bond acceptors (Lipinski definition) is 6. The molecule has 142 valence electrons. The number of aromatic nitrogens is 1. The highest BCUT2D eigenvalue weighted by atomic mass is 16.8. The Hall–Kier alpha value is -2.68. The number of anilines is 1. The normalized spacial score (nSPS) is 17.8. The van der Waals surface area contributed by atoms with Gasteiger partial charge in [-0.25, -0.2) is 0 Å². The fourth-order valence-electron chi connectivity index (χ4n) is 4.18. The summed E-state index contributed by atoms with van der Waals surface area (Å²) in [5, 5.41) is 31.5. The second kappa shape index (κ2) is 6.80. The zero-order valence-corrected chi connectivity index (χ0v) is 15.1. The van der Waals surface area contributed by atoms with Crippen molar-refractivity contribution >= 4 is 33.2 Å². The maximum Gasteiger partial charge on any atom is 0.270 e. The number of nitrogens with zero attached hydrogens (tertiary/aromatic N) is 4. The van der Waals surface area contributed by atoms with Gasteiger partial charge >= 0.3 is 0 Å². The first-order chi connectivity index (χ1) is 13.0. The maximum absolute atomic E-state index is 11.2. The van der Waals surface area contributed by atoms with Gasteiger partial charge in [0.25, 0.3) is 5.69 Å². The quantitative estimate of drug-likeness (QED) is 0.524. The zero-order valence-electron chi connectivity index (χ0n) is 15.1. The van der Waals surface area contributed by atoms with Crippen molar-refractivity contribution in [2.24, 2.45) is 0 Å². The first kappa shape index (κ1) is 17.7. The summed E-state index contributed by atoms with van der Waals surface area (Å²) in [6, 6.07) is 10.5. The van der Waals surface area contributed by atoms with Gasteiger partial charge < -0.3 is 9.47 Å². The molecule has 0 bridgehead atoms. The summed E-state index contributed by atoms with van der Waals surface area (Å²) in [6.45, 7) is 1.92. The predicted molar refractivity (Wildman–Crippen MR) is 102 cm³/mol. The SMILES string of the molecule is CN1CCCC1CCn1c2ccc(N(O)O)cc2c2cc([N+](=O)[O-])ccc21. The molecule has 2 N–H and O–H groups in total. The number of fused-ring (bicyclic) bond motifs is 3. The molecule has 4 rings (SSSR count). The zero-order chi connectivity index (χ0) is 19.1. The number of rotatable bonds is 5. The molecule has 1 aliphatic heterocycles. The lowest BCUT2D eigenvalue weighted by Crippen LogP contribution is -2.26. The third-order valence-corrected chi connectivity index (χ3v) is 5.63. The summed E-state index contributed by atoms with van der Waals surface area (Å²) in [7, 11) is 2.15. The molecule has 0 saturated carbocycles. The first-order valence-electron chi connectivity index (χ1n) is 9.04. The van der Waals surface area contributed by atoms with Crippen LogP contribution in [0, 0.1) is 10.1 Å². The molecule has 0 spiro atoms. The molecule has 3 aromatic rings. The average molecular weight is 370 g/mol. The van der Waals surface area contributed by atoms with Crippen LogP contribution in [-0.2, 0) is 6.54 Å². The summed E-state index contributed by atoms with van der Waals surface area (Å²) < 4.78 is 2.17. The van der Waals surface area contributed by atoms with Crippen molar-refractivity contribution in [3.63, 3.8) is 0 Å². The van der Waals surface area contributed by atoms with E-state index in [0.29, 0.717) is 6.04 Å². The lowest BCUT2D eigenvalue weighted by molar-refractivity contribution is -0.384. The van der Waals surface area contributed by atoms with Crippen molar-refractivity contribution in [2.75, 3.05) is 18.8 Å². The number of nitro benzene ring substituents is 1. The molecule has 8 heteroatoms. The largest absolute Gasteiger partial charge is 0.340 e. The van der Waals surface area contributed by atoms with Crippen LogP contribution >= 0.6 is 0 Å². The van der Waals surface area contributed by atoms with Crippen LogP contribution in [0.25, 0.3) is 21.8 Å². The standard InChI is InChI=1S/C19H22N4O4/c1-20-9-2-3-13(20)8-10-21-18-6-4-14(22(24)25)11-16(18)17-12-15(23(26)27)5-7-19(17)21/h4-7,11-13,24-25H,2-3,8-10H2,1H3. The highest BCUT2D eigenvalue weighted by Crippen LogP contribution is 2.34. The third kappa shape index (κ3) is 3.12. The maximum atomic E-state index is 11.2. The Morgan fingerprint density at radius 1 is 1.19 bits per heavy atom. The summed E-state index contributed by atoms with van der Waals surface area (Å²) in [4.78, 5) is 13.2. The van der Waals surface area contributed by atoms with Crippen LogP contribution in [-0.4, -0.2) is 44.4 Å². The molecule has 1 aliphatic rings. The van der Waals surface area contributed by atoms with E-state index in [9.17, 15) is 20.5 Å². The number of aryl methyl sites for hydroxylation is 1. The average Bonchev–Trinajstić information content (AvgIpc) is 3.19.